The molecule has 1 aromatic heterocycles. The summed E-state index contributed by atoms with van der Waals surface area (Å²) in [7, 11) is 1.97. The smallest absolute Gasteiger partial charge is 0.149 e. The predicted octanol–water partition coefficient (Wildman–Crippen LogP) is 2.47. The lowest BCUT2D eigenvalue weighted by atomic mass is 10.0. The average Bonchev–Trinajstić information content (AvgIpc) is 2.88. The Labute approximate surface area is 96.4 Å². The van der Waals surface area contributed by atoms with Crippen molar-refractivity contribution in [2.75, 3.05) is 13.6 Å². The van der Waals surface area contributed by atoms with Gasteiger partial charge in [0.25, 0.3) is 0 Å². The van der Waals surface area contributed by atoms with Gasteiger partial charge in [-0.2, -0.15) is 0 Å². The molecule has 0 aliphatic heterocycles. The van der Waals surface area contributed by atoms with Crippen LogP contribution in [0.1, 0.15) is 31.4 Å². The van der Waals surface area contributed by atoms with Gasteiger partial charge >= 0.3 is 0 Å². The van der Waals surface area contributed by atoms with E-state index in [0.717, 1.165) is 18.6 Å². The molecule has 16 heavy (non-hydrogen) atoms. The van der Waals surface area contributed by atoms with E-state index in [-0.39, 0.29) is 0 Å². The van der Waals surface area contributed by atoms with Crippen molar-refractivity contribution in [3.8, 4) is 0 Å². The third-order valence-electron chi connectivity index (χ3n) is 3.24. The van der Waals surface area contributed by atoms with E-state index in [1.807, 2.05) is 24.1 Å². The number of ketones is 1. The first kappa shape index (κ1) is 11.4. The van der Waals surface area contributed by atoms with E-state index in [1.165, 1.54) is 12.8 Å². The molecule has 1 fully saturated rings. The fourth-order valence-corrected chi connectivity index (χ4v) is 2.37. The quantitative estimate of drug-likeness (QED) is 0.766. The highest BCUT2D eigenvalue weighted by Crippen LogP contribution is 2.25. The zero-order chi connectivity index (χ0) is 11.4. The molecule has 2 rings (SSSR count). The highest BCUT2D eigenvalue weighted by molar-refractivity contribution is 5.83. The van der Waals surface area contributed by atoms with Crippen LogP contribution in [0, 0.1) is 5.92 Å². The van der Waals surface area contributed by atoms with Crippen molar-refractivity contribution >= 4 is 5.78 Å². The van der Waals surface area contributed by atoms with Crippen molar-refractivity contribution in [3.05, 3.63) is 24.2 Å². The Bertz CT molecular complexity index is 326. The van der Waals surface area contributed by atoms with E-state index in [1.54, 1.807) is 6.26 Å². The second-order valence-corrected chi connectivity index (χ2v) is 4.70. The van der Waals surface area contributed by atoms with Gasteiger partial charge in [-0.3, -0.25) is 9.69 Å². The monoisotopic (exact) mass is 221 g/mol. The molecule has 1 aliphatic rings. The number of Topliss-reactive ketones (excluding diaryl/α,β-unsaturated/α-hetero) is 1. The van der Waals surface area contributed by atoms with Gasteiger partial charge in [0.1, 0.15) is 11.5 Å². The topological polar surface area (TPSA) is 33.5 Å². The van der Waals surface area contributed by atoms with Crippen LogP contribution >= 0.6 is 0 Å². The Kier molecular flexibility index (Phi) is 3.78. The van der Waals surface area contributed by atoms with Gasteiger partial charge < -0.3 is 4.42 Å². The molecule has 0 N–H and O–H groups in total. The summed E-state index contributed by atoms with van der Waals surface area (Å²) in [4.78, 5) is 13.9. The van der Waals surface area contributed by atoms with E-state index in [2.05, 4.69) is 0 Å². The molecule has 0 bridgehead atoms. The molecule has 0 amide bonds. The lowest BCUT2D eigenvalue weighted by Crippen LogP contribution is -2.29. The third kappa shape index (κ3) is 2.95. The van der Waals surface area contributed by atoms with Crippen LogP contribution in [0.5, 0.6) is 0 Å². The minimum atomic E-state index is 0.319. The number of likely N-dealkylation sites (N-methyl/N-ethyl adjacent to an activating group) is 1. The van der Waals surface area contributed by atoms with Gasteiger partial charge in [0.15, 0.2) is 0 Å². The summed E-state index contributed by atoms with van der Waals surface area (Å²) < 4.78 is 5.26. The predicted molar refractivity (Wildman–Crippen MR) is 62.0 cm³/mol. The highest BCUT2D eigenvalue weighted by atomic mass is 16.3. The molecule has 0 aromatic carbocycles. The van der Waals surface area contributed by atoms with E-state index in [4.69, 9.17) is 4.42 Å². The van der Waals surface area contributed by atoms with Crippen LogP contribution in [0.15, 0.2) is 22.8 Å². The molecule has 1 heterocycles. The van der Waals surface area contributed by atoms with E-state index in [0.29, 0.717) is 24.8 Å². The largest absolute Gasteiger partial charge is 0.468 e. The molecular weight excluding hydrogens is 202 g/mol. The molecule has 3 nitrogen and oxygen atoms in total. The molecule has 0 saturated heterocycles. The van der Waals surface area contributed by atoms with Crippen molar-refractivity contribution < 1.29 is 9.21 Å². The Morgan fingerprint density at radius 2 is 2.25 bits per heavy atom. The standard InChI is InChI=1S/C13H19NO2/c1-14(9-12-7-4-8-16-12)10-13(15)11-5-2-3-6-11/h4,7-8,11H,2-3,5-6,9-10H2,1H3. The van der Waals surface area contributed by atoms with Gasteiger partial charge in [-0.15, -0.1) is 0 Å². The van der Waals surface area contributed by atoms with Crippen LogP contribution in [-0.2, 0) is 11.3 Å². The minimum absolute atomic E-state index is 0.319. The van der Waals surface area contributed by atoms with E-state index < -0.39 is 0 Å². The second kappa shape index (κ2) is 5.30. The molecule has 1 aromatic rings. The van der Waals surface area contributed by atoms with Crippen LogP contribution in [0.25, 0.3) is 0 Å². The molecule has 1 aliphatic carbocycles. The number of hydrogen-bond donors (Lipinski definition) is 0. The SMILES string of the molecule is CN(CC(=O)C1CCCC1)Cc1ccco1. The Morgan fingerprint density at radius 3 is 2.88 bits per heavy atom. The fraction of sp³-hybridized carbons (Fsp3) is 0.615. The lowest BCUT2D eigenvalue weighted by Gasteiger charge is -2.16. The summed E-state index contributed by atoms with van der Waals surface area (Å²) in [6.45, 7) is 1.26. The summed E-state index contributed by atoms with van der Waals surface area (Å²) >= 11 is 0. The number of carbonyl (C=O) groups excluding carboxylic acids is 1. The van der Waals surface area contributed by atoms with Gasteiger partial charge in [0.2, 0.25) is 0 Å². The van der Waals surface area contributed by atoms with Gasteiger partial charge in [-0.25, -0.2) is 0 Å². The first-order valence-electron chi connectivity index (χ1n) is 5.99. The molecule has 3 heteroatoms. The van der Waals surface area contributed by atoms with Gasteiger partial charge in [0, 0.05) is 5.92 Å². The van der Waals surface area contributed by atoms with E-state index in [9.17, 15) is 4.79 Å². The van der Waals surface area contributed by atoms with Gasteiger partial charge in [-0.05, 0) is 32.0 Å². The van der Waals surface area contributed by atoms with Crippen molar-refractivity contribution in [2.45, 2.75) is 32.2 Å². The van der Waals surface area contributed by atoms with Crippen molar-refractivity contribution in [1.82, 2.24) is 4.90 Å². The summed E-state index contributed by atoms with van der Waals surface area (Å²) in [6.07, 6.45) is 6.29. The number of rotatable bonds is 5. The Morgan fingerprint density at radius 1 is 1.50 bits per heavy atom. The fourth-order valence-electron chi connectivity index (χ4n) is 2.37. The van der Waals surface area contributed by atoms with Crippen molar-refractivity contribution in [3.63, 3.8) is 0 Å². The van der Waals surface area contributed by atoms with Crippen LogP contribution in [0.2, 0.25) is 0 Å². The molecule has 0 atom stereocenters. The van der Waals surface area contributed by atoms with Crippen LogP contribution < -0.4 is 0 Å². The summed E-state index contributed by atoms with van der Waals surface area (Å²) in [6, 6.07) is 3.82. The normalized spacial score (nSPS) is 17.1. The van der Waals surface area contributed by atoms with Crippen molar-refractivity contribution in [2.24, 2.45) is 5.92 Å². The number of furan rings is 1. The molecular formula is C13H19NO2. The number of nitrogens with zero attached hydrogens (tertiary/aromatic N) is 1. The maximum Gasteiger partial charge on any atom is 0.149 e. The van der Waals surface area contributed by atoms with Crippen molar-refractivity contribution in [1.29, 1.82) is 0 Å². The van der Waals surface area contributed by atoms with Crippen LogP contribution in [0.4, 0.5) is 0 Å². The maximum atomic E-state index is 11.9. The summed E-state index contributed by atoms with van der Waals surface area (Å²) in [5.74, 6) is 1.63. The van der Waals surface area contributed by atoms with Gasteiger partial charge in [0.05, 0.1) is 19.4 Å². The van der Waals surface area contributed by atoms with Crippen LogP contribution in [0.3, 0.4) is 0 Å². The van der Waals surface area contributed by atoms with Gasteiger partial charge in [-0.1, -0.05) is 12.8 Å². The number of hydrogen-bond acceptors (Lipinski definition) is 3. The summed E-state index contributed by atoms with van der Waals surface area (Å²) in [5.41, 5.74) is 0. The zero-order valence-electron chi connectivity index (χ0n) is 9.82. The molecule has 88 valence electrons. The maximum absolute atomic E-state index is 11.9. The first-order chi connectivity index (χ1) is 7.75. The zero-order valence-corrected chi connectivity index (χ0v) is 9.82. The average molecular weight is 221 g/mol. The first-order valence-corrected chi connectivity index (χ1v) is 5.99. The second-order valence-electron chi connectivity index (χ2n) is 4.70. The molecule has 1 saturated carbocycles. The lowest BCUT2D eigenvalue weighted by molar-refractivity contribution is -0.123. The molecule has 0 radical (unpaired) electrons. The third-order valence-corrected chi connectivity index (χ3v) is 3.24. The molecule has 0 spiro atoms. The Hall–Kier alpha value is -1.09. The summed E-state index contributed by atoms with van der Waals surface area (Å²) in [5, 5.41) is 0. The number of carbonyl (C=O) groups is 1. The Balaban J connectivity index is 1.78. The van der Waals surface area contributed by atoms with E-state index >= 15 is 0 Å². The molecule has 0 unspecified atom stereocenters. The minimum Gasteiger partial charge on any atom is -0.468 e. The van der Waals surface area contributed by atoms with Crippen LogP contribution in [-0.4, -0.2) is 24.3 Å². The highest BCUT2D eigenvalue weighted by Gasteiger charge is 2.23.